The van der Waals surface area contributed by atoms with Crippen molar-refractivity contribution in [3.63, 3.8) is 0 Å². The van der Waals surface area contributed by atoms with E-state index in [1.54, 1.807) is 35.2 Å². The fraction of sp³-hybridized carbons (Fsp3) is 0.200. The maximum Gasteiger partial charge on any atom is 0.292 e. The van der Waals surface area contributed by atoms with Gasteiger partial charge in [0.2, 0.25) is 5.76 Å². The second-order valence-corrected chi connectivity index (χ2v) is 6.26. The molecule has 26 heavy (non-hydrogen) atoms. The molecule has 0 aliphatic carbocycles. The summed E-state index contributed by atoms with van der Waals surface area (Å²) < 4.78 is 32.2. The quantitative estimate of drug-likeness (QED) is 0.691. The van der Waals surface area contributed by atoms with Crippen LogP contribution in [0.2, 0.25) is 0 Å². The molecule has 0 N–H and O–H groups in total. The zero-order valence-electron chi connectivity index (χ0n) is 13.9. The highest BCUT2D eigenvalue weighted by atomic mass is 19.1. The molecule has 0 radical (unpaired) electrons. The molecule has 1 amide bonds. The molecule has 0 bridgehead atoms. The smallest absolute Gasteiger partial charge is 0.292 e. The Bertz CT molecular complexity index is 937. The summed E-state index contributed by atoms with van der Waals surface area (Å²) in [6.07, 6.45) is 1.65. The van der Waals surface area contributed by atoms with E-state index in [0.29, 0.717) is 6.54 Å². The summed E-state index contributed by atoms with van der Waals surface area (Å²) in [7, 11) is 0. The standard InChI is InChI=1S/C20H16F2N2O2/c21-14-9-7-13(8-10-14)18-6-3-11-24(18)20(25)19-12-17(23-26-19)15-4-1-2-5-16(15)22/h1-2,4-5,7-10,12,18H,3,6,11H2/t18-/m0/s1. The SMILES string of the molecule is O=C(c1cc(-c2ccccc2F)no1)N1CCC[C@H]1c1ccc(F)cc1. The maximum absolute atomic E-state index is 13.9. The van der Waals surface area contributed by atoms with Crippen molar-refractivity contribution >= 4 is 5.91 Å². The first-order valence-electron chi connectivity index (χ1n) is 8.41. The number of benzene rings is 2. The molecule has 1 saturated heterocycles. The number of amides is 1. The monoisotopic (exact) mass is 354 g/mol. The number of carbonyl (C=O) groups is 1. The molecule has 0 saturated carbocycles. The van der Waals surface area contributed by atoms with Crippen molar-refractivity contribution in [1.82, 2.24) is 10.1 Å². The van der Waals surface area contributed by atoms with Gasteiger partial charge in [-0.15, -0.1) is 0 Å². The van der Waals surface area contributed by atoms with Gasteiger partial charge in [0.25, 0.3) is 5.91 Å². The first-order valence-corrected chi connectivity index (χ1v) is 8.41. The Hall–Kier alpha value is -3.02. The first-order chi connectivity index (χ1) is 12.6. The Balaban J connectivity index is 1.59. The van der Waals surface area contributed by atoms with E-state index in [1.165, 1.54) is 24.3 Å². The Labute approximate surface area is 149 Å². The zero-order chi connectivity index (χ0) is 18.1. The number of rotatable bonds is 3. The Morgan fingerprint density at radius 3 is 2.65 bits per heavy atom. The predicted octanol–water partition coefficient (Wildman–Crippen LogP) is 4.60. The van der Waals surface area contributed by atoms with Crippen LogP contribution in [0, 0.1) is 11.6 Å². The number of nitrogens with zero attached hydrogens (tertiary/aromatic N) is 2. The van der Waals surface area contributed by atoms with Gasteiger partial charge in [0.1, 0.15) is 17.3 Å². The van der Waals surface area contributed by atoms with Crippen LogP contribution in [0.3, 0.4) is 0 Å². The van der Waals surface area contributed by atoms with Crippen LogP contribution < -0.4 is 0 Å². The Morgan fingerprint density at radius 2 is 1.88 bits per heavy atom. The summed E-state index contributed by atoms with van der Waals surface area (Å²) >= 11 is 0. The van der Waals surface area contributed by atoms with Gasteiger partial charge >= 0.3 is 0 Å². The number of carbonyl (C=O) groups excluding carboxylic acids is 1. The van der Waals surface area contributed by atoms with Crippen molar-refractivity contribution in [3.8, 4) is 11.3 Å². The molecular formula is C20H16F2N2O2. The molecule has 1 aliphatic heterocycles. The zero-order valence-corrected chi connectivity index (χ0v) is 13.9. The maximum atomic E-state index is 13.9. The number of hydrogen-bond donors (Lipinski definition) is 0. The highest BCUT2D eigenvalue weighted by Gasteiger charge is 2.32. The van der Waals surface area contributed by atoms with E-state index in [-0.39, 0.29) is 34.8 Å². The van der Waals surface area contributed by atoms with Gasteiger partial charge in [0, 0.05) is 18.2 Å². The largest absolute Gasteiger partial charge is 0.350 e. The lowest BCUT2D eigenvalue weighted by Crippen LogP contribution is -2.30. The third-order valence-electron chi connectivity index (χ3n) is 4.64. The third kappa shape index (κ3) is 2.98. The van der Waals surface area contributed by atoms with Gasteiger partial charge in [0.05, 0.1) is 6.04 Å². The summed E-state index contributed by atoms with van der Waals surface area (Å²) in [5, 5.41) is 3.84. The molecule has 1 aliphatic rings. The Morgan fingerprint density at radius 1 is 1.12 bits per heavy atom. The van der Waals surface area contributed by atoms with Gasteiger partial charge in [-0.25, -0.2) is 8.78 Å². The van der Waals surface area contributed by atoms with E-state index < -0.39 is 5.82 Å². The number of aromatic nitrogens is 1. The van der Waals surface area contributed by atoms with Crippen molar-refractivity contribution in [2.45, 2.75) is 18.9 Å². The van der Waals surface area contributed by atoms with Crippen LogP contribution in [-0.4, -0.2) is 22.5 Å². The normalized spacial score (nSPS) is 16.8. The highest BCUT2D eigenvalue weighted by molar-refractivity contribution is 5.93. The minimum absolute atomic E-state index is 0.0669. The van der Waals surface area contributed by atoms with Gasteiger partial charge in [0.15, 0.2) is 0 Å². The van der Waals surface area contributed by atoms with E-state index in [9.17, 15) is 13.6 Å². The van der Waals surface area contributed by atoms with E-state index in [2.05, 4.69) is 5.16 Å². The van der Waals surface area contributed by atoms with Crippen molar-refractivity contribution in [2.24, 2.45) is 0 Å². The summed E-state index contributed by atoms with van der Waals surface area (Å²) in [5.41, 5.74) is 1.45. The lowest BCUT2D eigenvalue weighted by Gasteiger charge is -2.23. The van der Waals surface area contributed by atoms with Crippen molar-refractivity contribution in [2.75, 3.05) is 6.54 Å². The van der Waals surface area contributed by atoms with Crippen LogP contribution in [0.1, 0.15) is 35.0 Å². The number of hydrogen-bond acceptors (Lipinski definition) is 3. The molecule has 1 aromatic heterocycles. The molecule has 1 atom stereocenters. The van der Waals surface area contributed by atoms with Gasteiger partial charge in [-0.1, -0.05) is 29.4 Å². The number of halogens is 2. The van der Waals surface area contributed by atoms with E-state index >= 15 is 0 Å². The topological polar surface area (TPSA) is 46.3 Å². The first kappa shape index (κ1) is 16.4. The van der Waals surface area contributed by atoms with Crippen LogP contribution in [0.5, 0.6) is 0 Å². The highest BCUT2D eigenvalue weighted by Crippen LogP contribution is 2.33. The molecule has 6 heteroatoms. The second-order valence-electron chi connectivity index (χ2n) is 6.26. The molecule has 0 unspecified atom stereocenters. The second kappa shape index (κ2) is 6.71. The fourth-order valence-corrected chi connectivity index (χ4v) is 3.35. The number of likely N-dealkylation sites (tertiary alicyclic amines) is 1. The van der Waals surface area contributed by atoms with Crippen LogP contribution in [0.4, 0.5) is 8.78 Å². The molecule has 2 aromatic carbocycles. The molecule has 1 fully saturated rings. The van der Waals surface area contributed by atoms with E-state index in [1.807, 2.05) is 0 Å². The van der Waals surface area contributed by atoms with Gasteiger partial charge in [-0.3, -0.25) is 4.79 Å². The van der Waals surface area contributed by atoms with E-state index in [0.717, 1.165) is 18.4 Å². The average Bonchev–Trinajstić information content (AvgIpc) is 3.32. The van der Waals surface area contributed by atoms with E-state index in [4.69, 9.17) is 4.52 Å². The fourth-order valence-electron chi connectivity index (χ4n) is 3.35. The van der Waals surface area contributed by atoms with Crippen molar-refractivity contribution in [1.29, 1.82) is 0 Å². The summed E-state index contributed by atoms with van der Waals surface area (Å²) in [6, 6.07) is 13.7. The molecule has 0 spiro atoms. The predicted molar refractivity (Wildman–Crippen MR) is 91.3 cm³/mol. The Kier molecular flexibility index (Phi) is 4.24. The minimum Gasteiger partial charge on any atom is -0.350 e. The van der Waals surface area contributed by atoms with Crippen molar-refractivity contribution in [3.05, 3.63) is 77.6 Å². The average molecular weight is 354 g/mol. The molecule has 132 valence electrons. The van der Waals surface area contributed by atoms with Crippen LogP contribution in [-0.2, 0) is 0 Å². The van der Waals surface area contributed by atoms with Gasteiger partial charge in [-0.05, 0) is 42.7 Å². The van der Waals surface area contributed by atoms with Crippen molar-refractivity contribution < 1.29 is 18.1 Å². The molecule has 2 heterocycles. The summed E-state index contributed by atoms with van der Waals surface area (Å²) in [4.78, 5) is 14.5. The van der Waals surface area contributed by atoms with Gasteiger partial charge < -0.3 is 9.42 Å². The molecule has 3 aromatic rings. The van der Waals surface area contributed by atoms with Crippen LogP contribution in [0.25, 0.3) is 11.3 Å². The summed E-state index contributed by atoms with van der Waals surface area (Å²) in [5.74, 6) is -0.969. The minimum atomic E-state index is -0.426. The molecular weight excluding hydrogens is 338 g/mol. The molecule has 4 rings (SSSR count). The van der Waals surface area contributed by atoms with Crippen LogP contribution in [0.15, 0.2) is 59.1 Å². The molecule has 4 nitrogen and oxygen atoms in total. The third-order valence-corrected chi connectivity index (χ3v) is 4.64. The summed E-state index contributed by atoms with van der Waals surface area (Å²) in [6.45, 7) is 0.580. The lowest BCUT2D eigenvalue weighted by molar-refractivity contribution is 0.0693. The lowest BCUT2D eigenvalue weighted by atomic mass is 10.0. The van der Waals surface area contributed by atoms with Gasteiger partial charge in [-0.2, -0.15) is 0 Å². The van der Waals surface area contributed by atoms with Crippen LogP contribution >= 0.6 is 0 Å².